The molecule has 1 fully saturated rings. The van der Waals surface area contributed by atoms with Crippen molar-refractivity contribution < 1.29 is 37.3 Å². The smallest absolute Gasteiger partial charge is 0.422 e. The molecule has 0 spiro atoms. The van der Waals surface area contributed by atoms with E-state index in [1.165, 1.54) is 24.3 Å². The van der Waals surface area contributed by atoms with Crippen molar-refractivity contribution in [2.45, 2.75) is 57.3 Å². The predicted molar refractivity (Wildman–Crippen MR) is 172 cm³/mol. The number of carbonyl (C=O) groups excluding carboxylic acids is 1. The van der Waals surface area contributed by atoms with Crippen LogP contribution in [0.5, 0.6) is 11.8 Å². The number of nitrogens with two attached hydrogens (primary N) is 1. The lowest BCUT2D eigenvalue weighted by Gasteiger charge is -2.28. The zero-order valence-electron chi connectivity index (χ0n) is 26.4. The molecule has 13 nitrogen and oxygen atoms in total. The van der Waals surface area contributed by atoms with Crippen molar-refractivity contribution in [3.05, 3.63) is 59.7 Å². The number of hydrogen-bond donors (Lipinski definition) is 6. The Morgan fingerprint density at radius 2 is 1.71 bits per heavy atom. The zero-order chi connectivity index (χ0) is 34.4. The van der Waals surface area contributed by atoms with Gasteiger partial charge in [0.05, 0.1) is 6.61 Å². The molecule has 1 amide bonds. The summed E-state index contributed by atoms with van der Waals surface area (Å²) in [4.78, 5) is 36.8. The van der Waals surface area contributed by atoms with Gasteiger partial charge in [-0.25, -0.2) is 4.79 Å². The number of halogens is 3. The highest BCUT2D eigenvalue weighted by atomic mass is 19.4. The van der Waals surface area contributed by atoms with Crippen LogP contribution in [0.3, 0.4) is 0 Å². The minimum Gasteiger partial charge on any atom is -0.494 e. The molecule has 0 saturated carbocycles. The fraction of sp³-hybridized carbons (Fsp3) is 0.469. The molecule has 1 aliphatic rings. The number of carboxylic acid groups (broad SMARTS) is 1. The Hall–Kier alpha value is -4.70. The van der Waals surface area contributed by atoms with Gasteiger partial charge in [0.1, 0.15) is 11.8 Å². The molecule has 2 heterocycles. The zero-order valence-corrected chi connectivity index (χ0v) is 26.4. The Balaban J connectivity index is 1.38. The summed E-state index contributed by atoms with van der Waals surface area (Å²) in [5.74, 6) is -1.31. The van der Waals surface area contributed by atoms with Crippen molar-refractivity contribution in [3.63, 3.8) is 0 Å². The molecule has 7 N–H and O–H groups in total. The van der Waals surface area contributed by atoms with Crippen molar-refractivity contribution in [3.8, 4) is 11.8 Å². The third kappa shape index (κ3) is 12.2. The molecule has 260 valence electrons. The molecule has 16 heteroatoms. The van der Waals surface area contributed by atoms with Crippen LogP contribution in [0, 0.1) is 5.92 Å². The van der Waals surface area contributed by atoms with E-state index in [2.05, 4.69) is 36.2 Å². The van der Waals surface area contributed by atoms with Gasteiger partial charge < -0.3 is 41.6 Å². The van der Waals surface area contributed by atoms with E-state index in [-0.39, 0.29) is 29.9 Å². The lowest BCUT2D eigenvalue weighted by Crippen LogP contribution is -2.50. The van der Waals surface area contributed by atoms with Gasteiger partial charge in [-0.1, -0.05) is 25.0 Å². The fourth-order valence-electron chi connectivity index (χ4n) is 4.98. The van der Waals surface area contributed by atoms with Gasteiger partial charge in [0.15, 0.2) is 6.61 Å². The monoisotopic (exact) mass is 674 g/mol. The molecule has 1 saturated heterocycles. The third-order valence-corrected chi connectivity index (χ3v) is 7.48. The second-order valence-electron chi connectivity index (χ2n) is 11.3. The summed E-state index contributed by atoms with van der Waals surface area (Å²) in [6, 6.07) is 11.8. The van der Waals surface area contributed by atoms with Crippen molar-refractivity contribution in [2.75, 3.05) is 43.5 Å². The van der Waals surface area contributed by atoms with E-state index in [9.17, 15) is 27.9 Å². The number of piperidine rings is 1. The number of anilines is 3. The maximum Gasteiger partial charge on any atom is 0.422 e. The Labute approximate surface area is 276 Å². The number of carbonyl (C=O) groups is 2. The Morgan fingerprint density at radius 3 is 2.38 bits per heavy atom. The van der Waals surface area contributed by atoms with Gasteiger partial charge in [-0.05, 0) is 80.7 Å². The number of aliphatic carboxylic acids is 1. The van der Waals surface area contributed by atoms with Gasteiger partial charge in [-0.3, -0.25) is 4.79 Å². The third-order valence-electron chi connectivity index (χ3n) is 7.48. The summed E-state index contributed by atoms with van der Waals surface area (Å²) in [5, 5.41) is 21.3. The molecule has 3 aromatic rings. The van der Waals surface area contributed by atoms with E-state index in [0.717, 1.165) is 50.0 Å². The summed E-state index contributed by atoms with van der Waals surface area (Å²) in [7, 11) is 0. The maximum atomic E-state index is 12.9. The number of unbranched alkanes of at least 4 members (excludes halogenated alkanes) is 3. The normalized spacial score (nSPS) is 15.3. The Kier molecular flexibility index (Phi) is 13.6. The first-order chi connectivity index (χ1) is 23.1. The summed E-state index contributed by atoms with van der Waals surface area (Å²) in [6.45, 7) is 1.24. The number of nitrogens with zero attached hydrogens (tertiary/aromatic N) is 3. The molecule has 1 aliphatic heterocycles. The number of hydrogen-bond acceptors (Lipinski definition) is 11. The van der Waals surface area contributed by atoms with Crippen molar-refractivity contribution >= 4 is 29.5 Å². The van der Waals surface area contributed by atoms with Gasteiger partial charge in [-0.15, -0.1) is 0 Å². The van der Waals surface area contributed by atoms with Crippen LogP contribution in [-0.4, -0.2) is 77.0 Å². The standard InChI is InChI=1S/C32H41F3N8O5/c33-32(34,35)20-48-31-42-29(38-18-21-7-13-25(14-8-21)47-17-4-2-1-3-15-36)41-30(43-31)39-24-11-9-22(10-12-24)27(44)40-26(28(45)46)23-6-5-16-37-19-23/h7-14,23,26,37H,1-6,15-20,36H2,(H,40,44)(H,45,46)(H2,38,39,41,42,43). The van der Waals surface area contributed by atoms with Crippen LogP contribution in [-0.2, 0) is 11.3 Å². The number of nitrogens with one attached hydrogen (secondary N) is 4. The molecule has 0 bridgehead atoms. The first-order valence-corrected chi connectivity index (χ1v) is 15.8. The largest absolute Gasteiger partial charge is 0.494 e. The second kappa shape index (κ2) is 18.0. The quantitative estimate of drug-likeness (QED) is 0.106. The number of alkyl halides is 3. The number of amides is 1. The number of ether oxygens (including phenoxy) is 2. The summed E-state index contributed by atoms with van der Waals surface area (Å²) in [5.41, 5.74) is 6.99. The van der Waals surface area contributed by atoms with Gasteiger partial charge in [-0.2, -0.15) is 28.1 Å². The molecule has 2 atom stereocenters. The van der Waals surface area contributed by atoms with Crippen LogP contribution in [0.25, 0.3) is 0 Å². The lowest BCUT2D eigenvalue weighted by molar-refractivity contribution is -0.154. The average Bonchev–Trinajstić information content (AvgIpc) is 3.07. The van der Waals surface area contributed by atoms with E-state index >= 15 is 0 Å². The van der Waals surface area contributed by atoms with E-state index in [1.807, 2.05) is 24.3 Å². The van der Waals surface area contributed by atoms with Gasteiger partial charge in [0.25, 0.3) is 5.91 Å². The molecule has 2 aromatic carbocycles. The molecular weight excluding hydrogens is 633 g/mol. The molecule has 4 rings (SSSR count). The van der Waals surface area contributed by atoms with E-state index in [1.54, 1.807) is 0 Å². The van der Waals surface area contributed by atoms with Gasteiger partial charge in [0.2, 0.25) is 11.9 Å². The SMILES string of the molecule is NCCCCCCOc1ccc(CNc2nc(Nc3ccc(C(=O)NC(C(=O)O)C4CCCNC4)cc3)nc(OCC(F)(F)F)n2)cc1. The van der Waals surface area contributed by atoms with E-state index in [0.29, 0.717) is 31.8 Å². The molecule has 1 aromatic heterocycles. The molecular formula is C32H41F3N8O5. The van der Waals surface area contributed by atoms with Crippen molar-refractivity contribution in [2.24, 2.45) is 11.7 Å². The van der Waals surface area contributed by atoms with Crippen LogP contribution in [0.4, 0.5) is 30.8 Å². The Morgan fingerprint density at radius 1 is 0.979 bits per heavy atom. The number of benzene rings is 2. The second-order valence-corrected chi connectivity index (χ2v) is 11.3. The van der Waals surface area contributed by atoms with Crippen LogP contribution < -0.4 is 36.5 Å². The highest BCUT2D eigenvalue weighted by Gasteiger charge is 2.31. The van der Waals surface area contributed by atoms with Crippen molar-refractivity contribution in [1.29, 1.82) is 0 Å². The van der Waals surface area contributed by atoms with E-state index < -0.39 is 36.7 Å². The fourth-order valence-corrected chi connectivity index (χ4v) is 4.98. The molecule has 2 unspecified atom stereocenters. The average molecular weight is 675 g/mol. The maximum absolute atomic E-state index is 12.9. The summed E-state index contributed by atoms with van der Waals surface area (Å²) in [6.07, 6.45) is 0.952. The van der Waals surface area contributed by atoms with Gasteiger partial charge >= 0.3 is 18.2 Å². The van der Waals surface area contributed by atoms with E-state index in [4.69, 9.17) is 15.2 Å². The van der Waals surface area contributed by atoms with Crippen LogP contribution in [0.15, 0.2) is 48.5 Å². The van der Waals surface area contributed by atoms with Crippen LogP contribution in [0.1, 0.15) is 54.4 Å². The lowest BCUT2D eigenvalue weighted by atomic mass is 9.91. The Bertz CT molecular complexity index is 1460. The summed E-state index contributed by atoms with van der Waals surface area (Å²) >= 11 is 0. The predicted octanol–water partition coefficient (Wildman–Crippen LogP) is 4.25. The molecule has 0 aliphatic carbocycles. The minimum atomic E-state index is -4.61. The number of aromatic nitrogens is 3. The minimum absolute atomic E-state index is 0.0320. The number of rotatable bonds is 18. The van der Waals surface area contributed by atoms with Gasteiger partial charge in [0, 0.05) is 30.3 Å². The summed E-state index contributed by atoms with van der Waals surface area (Å²) < 4.78 is 49.1. The first-order valence-electron chi connectivity index (χ1n) is 15.8. The highest BCUT2D eigenvalue weighted by Crippen LogP contribution is 2.22. The number of carboxylic acids is 1. The first kappa shape index (κ1) is 36.1. The molecule has 48 heavy (non-hydrogen) atoms. The topological polar surface area (TPSA) is 186 Å². The van der Waals surface area contributed by atoms with Crippen molar-refractivity contribution in [1.82, 2.24) is 25.6 Å². The molecule has 0 radical (unpaired) electrons. The highest BCUT2D eigenvalue weighted by molar-refractivity contribution is 5.97. The van der Waals surface area contributed by atoms with Crippen LogP contribution >= 0.6 is 0 Å². The van der Waals surface area contributed by atoms with Crippen LogP contribution in [0.2, 0.25) is 0 Å².